The van der Waals surface area contributed by atoms with Gasteiger partial charge in [-0.25, -0.2) is 0 Å². The van der Waals surface area contributed by atoms with Crippen molar-refractivity contribution in [2.45, 2.75) is 40.0 Å². The smallest absolute Gasteiger partial charge is 0.387 e. The first kappa shape index (κ1) is 24.4. The van der Waals surface area contributed by atoms with Gasteiger partial charge in [0.05, 0.1) is 5.69 Å². The molecule has 0 aliphatic carbocycles. The maximum atomic E-state index is 12.5. The zero-order valence-electron chi connectivity index (χ0n) is 16.0. The Kier molecular flexibility index (Phi) is 10.5. The van der Waals surface area contributed by atoms with Crippen LogP contribution in [0.2, 0.25) is 5.02 Å². The van der Waals surface area contributed by atoms with Crippen molar-refractivity contribution < 1.29 is 13.5 Å². The van der Waals surface area contributed by atoms with Crippen molar-refractivity contribution >= 4 is 41.5 Å². The Bertz CT molecular complexity index is 785. The molecule has 0 radical (unpaired) electrons. The molecule has 0 bridgehead atoms. The molecule has 1 aromatic heterocycles. The number of benzene rings is 1. The number of aliphatic imine (C=N–C) groups is 1. The van der Waals surface area contributed by atoms with Crippen LogP contribution in [0.3, 0.4) is 0 Å². The number of halogens is 4. The summed E-state index contributed by atoms with van der Waals surface area (Å²) in [7, 11) is 1.64. The number of nitrogens with zero attached hydrogens (tertiary/aromatic N) is 3. The molecule has 0 aliphatic heterocycles. The first-order valence-electron chi connectivity index (χ1n) is 8.58. The lowest BCUT2D eigenvalue weighted by Gasteiger charge is -2.15. The van der Waals surface area contributed by atoms with Crippen molar-refractivity contribution in [1.82, 2.24) is 20.4 Å². The number of hydrogen-bond donors (Lipinski definition) is 2. The normalized spacial score (nSPS) is 11.3. The van der Waals surface area contributed by atoms with E-state index in [0.29, 0.717) is 23.1 Å². The van der Waals surface area contributed by atoms with Crippen LogP contribution in [0.1, 0.15) is 23.4 Å². The quantitative estimate of drug-likeness (QED) is 0.235. The summed E-state index contributed by atoms with van der Waals surface area (Å²) in [4.78, 5) is 4.13. The summed E-state index contributed by atoms with van der Waals surface area (Å²) < 4.78 is 31.5. The maximum Gasteiger partial charge on any atom is 0.387 e. The van der Waals surface area contributed by atoms with Crippen molar-refractivity contribution in [3.05, 3.63) is 46.2 Å². The molecular formula is C18H25ClF2IN5O. The summed E-state index contributed by atoms with van der Waals surface area (Å²) >= 11 is 5.95. The fourth-order valence-electron chi connectivity index (χ4n) is 2.63. The van der Waals surface area contributed by atoms with Gasteiger partial charge in [0, 0.05) is 43.0 Å². The van der Waals surface area contributed by atoms with E-state index in [2.05, 4.69) is 25.5 Å². The molecule has 0 aliphatic rings. The second-order valence-electron chi connectivity index (χ2n) is 5.99. The van der Waals surface area contributed by atoms with Crippen LogP contribution in [0.25, 0.3) is 0 Å². The van der Waals surface area contributed by atoms with Crippen molar-refractivity contribution in [3.8, 4) is 5.75 Å². The van der Waals surface area contributed by atoms with Crippen LogP contribution in [0.4, 0.5) is 8.78 Å². The monoisotopic (exact) mass is 527 g/mol. The van der Waals surface area contributed by atoms with E-state index in [9.17, 15) is 8.78 Å². The van der Waals surface area contributed by atoms with Crippen LogP contribution in [-0.4, -0.2) is 35.9 Å². The predicted octanol–water partition coefficient (Wildman–Crippen LogP) is 4.13. The van der Waals surface area contributed by atoms with Gasteiger partial charge in [-0.1, -0.05) is 11.6 Å². The average molecular weight is 528 g/mol. The topological polar surface area (TPSA) is 63.5 Å². The minimum Gasteiger partial charge on any atom is -0.434 e. The zero-order valence-corrected chi connectivity index (χ0v) is 19.1. The average Bonchev–Trinajstić information content (AvgIpc) is 2.93. The van der Waals surface area contributed by atoms with Gasteiger partial charge in [-0.05, 0) is 44.5 Å². The number of rotatable bonds is 8. The Morgan fingerprint density at radius 3 is 2.64 bits per heavy atom. The van der Waals surface area contributed by atoms with E-state index in [-0.39, 0.29) is 36.3 Å². The van der Waals surface area contributed by atoms with Gasteiger partial charge in [-0.15, -0.1) is 24.0 Å². The lowest BCUT2D eigenvalue weighted by atomic mass is 10.2. The van der Waals surface area contributed by atoms with Crippen molar-refractivity contribution in [2.24, 2.45) is 4.99 Å². The number of hydrogen-bond acceptors (Lipinski definition) is 3. The van der Waals surface area contributed by atoms with E-state index in [1.165, 1.54) is 12.1 Å². The number of aromatic nitrogens is 2. The predicted molar refractivity (Wildman–Crippen MR) is 118 cm³/mol. The molecule has 0 saturated heterocycles. The number of nitrogens with one attached hydrogen (secondary N) is 2. The molecule has 6 nitrogen and oxygen atoms in total. The highest BCUT2D eigenvalue weighted by molar-refractivity contribution is 14.0. The van der Waals surface area contributed by atoms with Crippen LogP contribution >= 0.6 is 35.6 Å². The Balaban J connectivity index is 0.00000392. The Labute approximate surface area is 185 Å². The minimum atomic E-state index is -2.89. The van der Waals surface area contributed by atoms with E-state index in [4.69, 9.17) is 11.6 Å². The summed E-state index contributed by atoms with van der Waals surface area (Å²) in [6.07, 6.45) is 0.861. The van der Waals surface area contributed by atoms with Gasteiger partial charge >= 0.3 is 6.61 Å². The molecule has 1 aromatic carbocycles. The van der Waals surface area contributed by atoms with E-state index in [1.807, 2.05) is 24.6 Å². The van der Waals surface area contributed by atoms with Gasteiger partial charge in [-0.3, -0.25) is 9.67 Å². The summed E-state index contributed by atoms with van der Waals surface area (Å²) in [5, 5.41) is 11.1. The highest BCUT2D eigenvalue weighted by atomic mass is 127. The van der Waals surface area contributed by atoms with Gasteiger partial charge in [-0.2, -0.15) is 13.9 Å². The van der Waals surface area contributed by atoms with Gasteiger partial charge < -0.3 is 15.4 Å². The standard InChI is InChI=1S/C18H24ClF2N5O.HI/c1-12-9-13(2)26(25-12)8-4-7-23-18(22-3)24-11-14-10-15(19)5-6-16(14)27-17(20)21;/h5-6,9-10,17H,4,7-8,11H2,1-3H3,(H2,22,23,24);1H. The van der Waals surface area contributed by atoms with Gasteiger partial charge in [0.25, 0.3) is 0 Å². The number of alkyl halides is 2. The summed E-state index contributed by atoms with van der Waals surface area (Å²) in [6.45, 7) is 2.84. The Hall–Kier alpha value is -1.62. The summed E-state index contributed by atoms with van der Waals surface area (Å²) in [6, 6.07) is 6.56. The van der Waals surface area contributed by atoms with Crippen molar-refractivity contribution in [2.75, 3.05) is 13.6 Å². The van der Waals surface area contributed by atoms with Gasteiger partial charge in [0.1, 0.15) is 5.75 Å². The highest BCUT2D eigenvalue weighted by Crippen LogP contribution is 2.24. The molecule has 1 heterocycles. The SMILES string of the molecule is CN=C(NCCCn1nc(C)cc1C)NCc1cc(Cl)ccc1OC(F)F.I. The third-order valence-electron chi connectivity index (χ3n) is 3.85. The molecule has 2 rings (SSSR count). The molecule has 0 amide bonds. The molecule has 0 unspecified atom stereocenters. The van der Waals surface area contributed by atoms with Gasteiger partial charge in [0.15, 0.2) is 5.96 Å². The van der Waals surface area contributed by atoms with Crippen LogP contribution in [-0.2, 0) is 13.1 Å². The van der Waals surface area contributed by atoms with E-state index >= 15 is 0 Å². The minimum absolute atomic E-state index is 0. The maximum absolute atomic E-state index is 12.5. The van der Waals surface area contributed by atoms with Crippen molar-refractivity contribution in [1.29, 1.82) is 0 Å². The van der Waals surface area contributed by atoms with Gasteiger partial charge in [0.2, 0.25) is 0 Å². The molecule has 0 atom stereocenters. The number of guanidine groups is 1. The third-order valence-corrected chi connectivity index (χ3v) is 4.09. The largest absolute Gasteiger partial charge is 0.434 e. The molecule has 2 aromatic rings. The van der Waals surface area contributed by atoms with Crippen molar-refractivity contribution in [3.63, 3.8) is 0 Å². The molecule has 2 N–H and O–H groups in total. The van der Waals surface area contributed by atoms with Crippen LogP contribution in [0.5, 0.6) is 5.75 Å². The summed E-state index contributed by atoms with van der Waals surface area (Å²) in [5.41, 5.74) is 2.65. The van der Waals surface area contributed by atoms with Crippen LogP contribution in [0.15, 0.2) is 29.3 Å². The fourth-order valence-corrected chi connectivity index (χ4v) is 2.83. The molecule has 28 heavy (non-hydrogen) atoms. The molecular weight excluding hydrogens is 503 g/mol. The highest BCUT2D eigenvalue weighted by Gasteiger charge is 2.11. The zero-order chi connectivity index (χ0) is 19.8. The summed E-state index contributed by atoms with van der Waals surface area (Å²) in [5.74, 6) is 0.647. The fraction of sp³-hybridized carbons (Fsp3) is 0.444. The molecule has 156 valence electrons. The second kappa shape index (κ2) is 12.1. The molecule has 10 heteroatoms. The van der Waals surface area contributed by atoms with Crippen LogP contribution < -0.4 is 15.4 Å². The lowest BCUT2D eigenvalue weighted by Crippen LogP contribution is -2.37. The molecule has 0 saturated carbocycles. The lowest BCUT2D eigenvalue weighted by molar-refractivity contribution is -0.0504. The first-order valence-corrected chi connectivity index (χ1v) is 8.95. The number of aryl methyl sites for hydroxylation is 3. The second-order valence-corrected chi connectivity index (χ2v) is 6.42. The van der Waals surface area contributed by atoms with Crippen LogP contribution in [0, 0.1) is 13.8 Å². The van der Waals surface area contributed by atoms with E-state index in [1.54, 1.807) is 13.1 Å². The third kappa shape index (κ3) is 7.78. The van der Waals surface area contributed by atoms with E-state index in [0.717, 1.165) is 24.4 Å². The Morgan fingerprint density at radius 1 is 1.29 bits per heavy atom. The molecule has 0 spiro atoms. The van der Waals surface area contributed by atoms with E-state index < -0.39 is 6.61 Å². The Morgan fingerprint density at radius 2 is 2.04 bits per heavy atom. The number of ether oxygens (including phenoxy) is 1. The molecule has 0 fully saturated rings. The first-order chi connectivity index (χ1) is 12.9.